The molecule has 2 N–H and O–H groups in total. The van der Waals surface area contributed by atoms with Crippen LogP contribution >= 0.6 is 0 Å². The number of likely N-dealkylation sites (N-methyl/N-ethyl adjacent to an activating group) is 1. The maximum atomic E-state index is 12.1. The number of hydrogen-bond donors (Lipinski definition) is 1. The standard InChI is InChI=1S/C14H17N3O2/c1-10(9-15)17(2)14(18)12-8-13(19-16-12)11-6-4-3-5-7-11/h3-8,10H,9,15H2,1-2H3. The summed E-state index contributed by atoms with van der Waals surface area (Å²) in [7, 11) is 1.71. The van der Waals surface area contributed by atoms with Crippen LogP contribution in [0, 0.1) is 0 Å². The van der Waals surface area contributed by atoms with Crippen molar-refractivity contribution < 1.29 is 9.32 Å². The number of rotatable bonds is 4. The van der Waals surface area contributed by atoms with E-state index in [1.165, 1.54) is 0 Å². The summed E-state index contributed by atoms with van der Waals surface area (Å²) in [6.07, 6.45) is 0. The highest BCUT2D eigenvalue weighted by Gasteiger charge is 2.20. The van der Waals surface area contributed by atoms with Crippen LogP contribution in [0.4, 0.5) is 0 Å². The third-order valence-electron chi connectivity index (χ3n) is 3.11. The van der Waals surface area contributed by atoms with Crippen molar-refractivity contribution in [3.8, 4) is 11.3 Å². The van der Waals surface area contributed by atoms with Crippen molar-refractivity contribution in [2.75, 3.05) is 13.6 Å². The number of nitrogens with zero attached hydrogens (tertiary/aromatic N) is 2. The molecule has 19 heavy (non-hydrogen) atoms. The molecule has 1 aromatic carbocycles. The zero-order valence-corrected chi connectivity index (χ0v) is 11.0. The number of hydrogen-bond acceptors (Lipinski definition) is 4. The van der Waals surface area contributed by atoms with Crippen molar-refractivity contribution in [2.24, 2.45) is 5.73 Å². The van der Waals surface area contributed by atoms with E-state index >= 15 is 0 Å². The highest BCUT2D eigenvalue weighted by atomic mass is 16.5. The fourth-order valence-corrected chi connectivity index (χ4v) is 1.65. The van der Waals surface area contributed by atoms with Crippen LogP contribution in [-0.2, 0) is 0 Å². The predicted molar refractivity (Wildman–Crippen MR) is 72.5 cm³/mol. The highest BCUT2D eigenvalue weighted by molar-refractivity contribution is 5.93. The lowest BCUT2D eigenvalue weighted by Crippen LogP contribution is -2.39. The van der Waals surface area contributed by atoms with Gasteiger partial charge in [0, 0.05) is 31.3 Å². The largest absolute Gasteiger partial charge is 0.355 e. The Labute approximate surface area is 112 Å². The summed E-state index contributed by atoms with van der Waals surface area (Å²) < 4.78 is 5.21. The number of amides is 1. The Morgan fingerprint density at radius 2 is 2.11 bits per heavy atom. The van der Waals surface area contributed by atoms with Crippen LogP contribution in [0.15, 0.2) is 40.9 Å². The third kappa shape index (κ3) is 2.82. The first-order valence-corrected chi connectivity index (χ1v) is 6.13. The Hall–Kier alpha value is -2.14. The Bertz CT molecular complexity index is 551. The summed E-state index contributed by atoms with van der Waals surface area (Å²) in [5.74, 6) is 0.390. The van der Waals surface area contributed by atoms with Crippen LogP contribution in [0.5, 0.6) is 0 Å². The molecule has 100 valence electrons. The van der Waals surface area contributed by atoms with Gasteiger partial charge in [0.2, 0.25) is 0 Å². The molecule has 0 spiro atoms. The molecule has 0 saturated heterocycles. The van der Waals surface area contributed by atoms with Crippen LogP contribution in [-0.4, -0.2) is 35.6 Å². The lowest BCUT2D eigenvalue weighted by atomic mass is 10.1. The summed E-state index contributed by atoms with van der Waals surface area (Å²) >= 11 is 0. The van der Waals surface area contributed by atoms with E-state index in [0.29, 0.717) is 18.0 Å². The Morgan fingerprint density at radius 3 is 2.74 bits per heavy atom. The second-order valence-corrected chi connectivity index (χ2v) is 4.44. The molecule has 0 bridgehead atoms. The van der Waals surface area contributed by atoms with E-state index in [0.717, 1.165) is 5.56 Å². The second-order valence-electron chi connectivity index (χ2n) is 4.44. The van der Waals surface area contributed by atoms with Gasteiger partial charge in [0.05, 0.1) is 0 Å². The van der Waals surface area contributed by atoms with Crippen LogP contribution in [0.25, 0.3) is 11.3 Å². The van der Waals surface area contributed by atoms with Crippen molar-refractivity contribution >= 4 is 5.91 Å². The maximum absolute atomic E-state index is 12.1. The molecule has 0 aliphatic rings. The van der Waals surface area contributed by atoms with Crippen LogP contribution in [0.3, 0.4) is 0 Å². The summed E-state index contributed by atoms with van der Waals surface area (Å²) in [5, 5.41) is 3.82. The van der Waals surface area contributed by atoms with E-state index in [9.17, 15) is 4.79 Å². The Morgan fingerprint density at radius 1 is 1.42 bits per heavy atom. The van der Waals surface area contributed by atoms with Crippen LogP contribution < -0.4 is 5.73 Å². The van der Waals surface area contributed by atoms with Gasteiger partial charge in [-0.05, 0) is 6.92 Å². The molecule has 0 aliphatic heterocycles. The van der Waals surface area contributed by atoms with E-state index in [1.807, 2.05) is 37.3 Å². The Balaban J connectivity index is 2.20. The van der Waals surface area contributed by atoms with Gasteiger partial charge in [-0.25, -0.2) is 0 Å². The van der Waals surface area contributed by atoms with Gasteiger partial charge in [-0.1, -0.05) is 35.5 Å². The third-order valence-corrected chi connectivity index (χ3v) is 3.11. The van der Waals surface area contributed by atoms with E-state index in [-0.39, 0.29) is 11.9 Å². The van der Waals surface area contributed by atoms with Gasteiger partial charge in [-0.3, -0.25) is 4.79 Å². The first kappa shape index (κ1) is 13.3. The van der Waals surface area contributed by atoms with E-state index < -0.39 is 0 Å². The summed E-state index contributed by atoms with van der Waals surface area (Å²) in [4.78, 5) is 13.7. The number of aromatic nitrogens is 1. The van der Waals surface area contributed by atoms with Gasteiger partial charge in [0.25, 0.3) is 5.91 Å². The second kappa shape index (κ2) is 5.67. The normalized spacial score (nSPS) is 12.2. The molecule has 1 atom stereocenters. The SMILES string of the molecule is CC(CN)N(C)C(=O)c1cc(-c2ccccc2)on1. The fourth-order valence-electron chi connectivity index (χ4n) is 1.65. The van der Waals surface area contributed by atoms with Crippen molar-refractivity contribution in [3.63, 3.8) is 0 Å². The van der Waals surface area contributed by atoms with Gasteiger partial charge in [0.15, 0.2) is 11.5 Å². The van der Waals surface area contributed by atoms with E-state index in [4.69, 9.17) is 10.3 Å². The van der Waals surface area contributed by atoms with Gasteiger partial charge in [0.1, 0.15) is 0 Å². The molecule has 5 nitrogen and oxygen atoms in total. The Kier molecular flexibility index (Phi) is 3.97. The van der Waals surface area contributed by atoms with Gasteiger partial charge >= 0.3 is 0 Å². The highest BCUT2D eigenvalue weighted by Crippen LogP contribution is 2.20. The zero-order chi connectivity index (χ0) is 13.8. The predicted octanol–water partition coefficient (Wildman–Crippen LogP) is 1.76. The zero-order valence-electron chi connectivity index (χ0n) is 11.0. The van der Waals surface area contributed by atoms with Gasteiger partial charge in [-0.15, -0.1) is 0 Å². The van der Waals surface area contributed by atoms with E-state index in [1.54, 1.807) is 18.0 Å². The number of nitrogens with two attached hydrogens (primary N) is 1. The first-order valence-electron chi connectivity index (χ1n) is 6.13. The minimum atomic E-state index is -0.191. The fraction of sp³-hybridized carbons (Fsp3) is 0.286. The molecule has 1 unspecified atom stereocenters. The summed E-state index contributed by atoms with van der Waals surface area (Å²) in [5.41, 5.74) is 6.73. The van der Waals surface area contributed by atoms with Crippen molar-refractivity contribution in [3.05, 3.63) is 42.1 Å². The average Bonchev–Trinajstić information content (AvgIpc) is 2.95. The minimum Gasteiger partial charge on any atom is -0.355 e. The molecule has 0 radical (unpaired) electrons. The van der Waals surface area contributed by atoms with Crippen molar-refractivity contribution in [1.82, 2.24) is 10.1 Å². The molecule has 5 heteroatoms. The lowest BCUT2D eigenvalue weighted by molar-refractivity contribution is 0.0738. The molecule has 0 aliphatic carbocycles. The molecule has 0 saturated carbocycles. The molecule has 0 fully saturated rings. The maximum Gasteiger partial charge on any atom is 0.276 e. The smallest absolute Gasteiger partial charge is 0.276 e. The number of carbonyl (C=O) groups excluding carboxylic acids is 1. The molecule has 1 heterocycles. The van der Waals surface area contributed by atoms with Gasteiger partial charge in [-0.2, -0.15) is 0 Å². The quantitative estimate of drug-likeness (QED) is 0.908. The monoisotopic (exact) mass is 259 g/mol. The minimum absolute atomic E-state index is 0.0376. The van der Waals surface area contributed by atoms with Gasteiger partial charge < -0.3 is 15.2 Å². The average molecular weight is 259 g/mol. The topological polar surface area (TPSA) is 72.4 Å². The first-order chi connectivity index (χ1) is 9.13. The van der Waals surface area contributed by atoms with Crippen molar-refractivity contribution in [1.29, 1.82) is 0 Å². The summed E-state index contributed by atoms with van der Waals surface area (Å²) in [6, 6.07) is 11.1. The van der Waals surface area contributed by atoms with E-state index in [2.05, 4.69) is 5.16 Å². The number of carbonyl (C=O) groups is 1. The summed E-state index contributed by atoms with van der Waals surface area (Å²) in [6.45, 7) is 2.29. The molecule has 2 aromatic rings. The molecular formula is C14H17N3O2. The molecule has 1 amide bonds. The van der Waals surface area contributed by atoms with Crippen molar-refractivity contribution in [2.45, 2.75) is 13.0 Å². The van der Waals surface area contributed by atoms with Crippen LogP contribution in [0.2, 0.25) is 0 Å². The molecule has 1 aromatic heterocycles. The number of benzene rings is 1. The molecular weight excluding hydrogens is 242 g/mol. The molecule has 2 rings (SSSR count). The lowest BCUT2D eigenvalue weighted by Gasteiger charge is -2.22. The van der Waals surface area contributed by atoms with Crippen LogP contribution in [0.1, 0.15) is 17.4 Å².